The molecule has 2 bridgehead atoms. The van der Waals surface area contributed by atoms with E-state index in [0.29, 0.717) is 24.0 Å². The van der Waals surface area contributed by atoms with Crippen LogP contribution in [0.2, 0.25) is 0 Å². The molecule has 0 aromatic heterocycles. The lowest BCUT2D eigenvalue weighted by molar-refractivity contribution is -0.136. The molecular formula is C15H27N3O. The van der Waals surface area contributed by atoms with E-state index in [2.05, 4.69) is 29.1 Å². The molecule has 4 heteroatoms. The Labute approximate surface area is 116 Å². The van der Waals surface area contributed by atoms with Gasteiger partial charge in [0.25, 0.3) is 0 Å². The summed E-state index contributed by atoms with van der Waals surface area (Å²) in [5, 5.41) is 3.45. The highest BCUT2D eigenvalue weighted by molar-refractivity contribution is 5.79. The van der Waals surface area contributed by atoms with Crippen molar-refractivity contribution >= 4 is 5.91 Å². The van der Waals surface area contributed by atoms with Crippen LogP contribution in [0.1, 0.15) is 39.0 Å². The molecule has 4 unspecified atom stereocenters. The summed E-state index contributed by atoms with van der Waals surface area (Å²) in [5.74, 6) is 0.624. The molecule has 3 saturated heterocycles. The van der Waals surface area contributed by atoms with Gasteiger partial charge in [0.1, 0.15) is 0 Å². The van der Waals surface area contributed by atoms with E-state index in [-0.39, 0.29) is 5.92 Å². The average Bonchev–Trinajstić information content (AvgIpc) is 2.63. The summed E-state index contributed by atoms with van der Waals surface area (Å²) in [6, 6.07) is 1.90. The molecule has 3 rings (SSSR count). The van der Waals surface area contributed by atoms with E-state index in [4.69, 9.17) is 0 Å². The number of hydrogen-bond donors (Lipinski definition) is 1. The molecule has 4 nitrogen and oxygen atoms in total. The van der Waals surface area contributed by atoms with E-state index in [0.717, 1.165) is 38.9 Å². The summed E-state index contributed by atoms with van der Waals surface area (Å²) in [5.41, 5.74) is 0. The van der Waals surface area contributed by atoms with Crippen LogP contribution in [0.3, 0.4) is 0 Å². The first-order valence-corrected chi connectivity index (χ1v) is 7.89. The lowest BCUT2D eigenvalue weighted by atomic mass is 9.93. The fourth-order valence-electron chi connectivity index (χ4n) is 3.98. The van der Waals surface area contributed by atoms with Gasteiger partial charge in [-0.3, -0.25) is 9.69 Å². The van der Waals surface area contributed by atoms with Gasteiger partial charge in [-0.25, -0.2) is 0 Å². The topological polar surface area (TPSA) is 35.6 Å². The molecule has 0 aromatic rings. The number of rotatable bonds is 1. The highest BCUT2D eigenvalue weighted by Crippen LogP contribution is 2.29. The SMILES string of the molecule is CC1CCC(C(=O)N2CCC3CCC(C2)N3C)CN1. The van der Waals surface area contributed by atoms with Crippen molar-refractivity contribution in [3.05, 3.63) is 0 Å². The van der Waals surface area contributed by atoms with Crippen LogP contribution in [-0.2, 0) is 4.79 Å². The van der Waals surface area contributed by atoms with Crippen LogP contribution in [0.4, 0.5) is 0 Å². The second-order valence-corrected chi connectivity index (χ2v) is 6.71. The minimum atomic E-state index is 0.220. The zero-order valence-electron chi connectivity index (χ0n) is 12.3. The van der Waals surface area contributed by atoms with Gasteiger partial charge >= 0.3 is 0 Å². The third-order valence-electron chi connectivity index (χ3n) is 5.47. The zero-order valence-corrected chi connectivity index (χ0v) is 12.3. The molecule has 0 saturated carbocycles. The van der Waals surface area contributed by atoms with Gasteiger partial charge < -0.3 is 10.2 Å². The van der Waals surface area contributed by atoms with E-state index in [1.807, 2.05) is 0 Å². The monoisotopic (exact) mass is 265 g/mol. The number of fused-ring (bicyclic) bond motifs is 2. The van der Waals surface area contributed by atoms with Crippen molar-refractivity contribution in [1.29, 1.82) is 0 Å². The quantitative estimate of drug-likeness (QED) is 0.770. The van der Waals surface area contributed by atoms with E-state index >= 15 is 0 Å². The molecular weight excluding hydrogens is 238 g/mol. The van der Waals surface area contributed by atoms with Gasteiger partial charge in [0.05, 0.1) is 5.92 Å². The molecule has 0 spiro atoms. The Morgan fingerprint density at radius 3 is 2.63 bits per heavy atom. The summed E-state index contributed by atoms with van der Waals surface area (Å²) in [4.78, 5) is 17.3. The summed E-state index contributed by atoms with van der Waals surface area (Å²) in [7, 11) is 2.24. The zero-order chi connectivity index (χ0) is 13.4. The average molecular weight is 265 g/mol. The number of likely N-dealkylation sites (tertiary alicyclic amines) is 1. The second kappa shape index (κ2) is 5.41. The van der Waals surface area contributed by atoms with Crippen molar-refractivity contribution in [2.45, 2.75) is 57.2 Å². The van der Waals surface area contributed by atoms with E-state index in [1.54, 1.807) is 0 Å². The fraction of sp³-hybridized carbons (Fsp3) is 0.933. The van der Waals surface area contributed by atoms with E-state index in [1.165, 1.54) is 12.8 Å². The first kappa shape index (κ1) is 13.4. The number of hydrogen-bond acceptors (Lipinski definition) is 3. The molecule has 0 radical (unpaired) electrons. The van der Waals surface area contributed by atoms with Gasteiger partial charge in [0.15, 0.2) is 0 Å². The highest BCUT2D eigenvalue weighted by Gasteiger charge is 2.37. The molecule has 108 valence electrons. The number of carbonyl (C=O) groups is 1. The molecule has 3 heterocycles. The fourth-order valence-corrected chi connectivity index (χ4v) is 3.98. The predicted molar refractivity (Wildman–Crippen MR) is 76.0 cm³/mol. The number of amides is 1. The first-order chi connectivity index (χ1) is 9.15. The van der Waals surface area contributed by atoms with Crippen molar-refractivity contribution in [2.24, 2.45) is 5.92 Å². The Morgan fingerprint density at radius 2 is 1.89 bits per heavy atom. The van der Waals surface area contributed by atoms with E-state index in [9.17, 15) is 4.79 Å². The summed E-state index contributed by atoms with van der Waals surface area (Å²) in [6.07, 6.45) is 5.95. The predicted octanol–water partition coefficient (Wildman–Crippen LogP) is 1.07. The minimum absolute atomic E-state index is 0.220. The summed E-state index contributed by atoms with van der Waals surface area (Å²) >= 11 is 0. The van der Waals surface area contributed by atoms with Gasteiger partial charge in [-0.15, -0.1) is 0 Å². The summed E-state index contributed by atoms with van der Waals surface area (Å²) < 4.78 is 0. The molecule has 19 heavy (non-hydrogen) atoms. The lowest BCUT2D eigenvalue weighted by Gasteiger charge is -2.33. The second-order valence-electron chi connectivity index (χ2n) is 6.71. The van der Waals surface area contributed by atoms with Crippen LogP contribution in [0, 0.1) is 5.92 Å². The number of likely N-dealkylation sites (N-methyl/N-ethyl adjacent to an activating group) is 1. The minimum Gasteiger partial charge on any atom is -0.341 e. The maximum Gasteiger partial charge on any atom is 0.227 e. The van der Waals surface area contributed by atoms with Crippen LogP contribution in [0.5, 0.6) is 0 Å². The van der Waals surface area contributed by atoms with Crippen LogP contribution < -0.4 is 5.32 Å². The van der Waals surface area contributed by atoms with Crippen LogP contribution in [0.15, 0.2) is 0 Å². The van der Waals surface area contributed by atoms with Gasteiger partial charge in [-0.2, -0.15) is 0 Å². The standard InChI is InChI=1S/C15H27N3O/c1-11-3-4-12(9-16-11)15(19)18-8-7-13-5-6-14(10-18)17(13)2/h11-14,16H,3-10H2,1-2H3. The molecule has 3 aliphatic heterocycles. The van der Waals surface area contributed by atoms with Crippen molar-refractivity contribution in [3.63, 3.8) is 0 Å². The lowest BCUT2D eigenvalue weighted by Crippen LogP contribution is -2.48. The van der Waals surface area contributed by atoms with Gasteiger partial charge in [0, 0.05) is 37.8 Å². The van der Waals surface area contributed by atoms with Crippen molar-refractivity contribution < 1.29 is 4.79 Å². The Kier molecular flexibility index (Phi) is 3.81. The number of nitrogens with zero attached hydrogens (tertiary/aromatic N) is 2. The highest BCUT2D eigenvalue weighted by atomic mass is 16.2. The van der Waals surface area contributed by atoms with Crippen LogP contribution in [-0.4, -0.2) is 60.5 Å². The van der Waals surface area contributed by atoms with Crippen molar-refractivity contribution in [1.82, 2.24) is 15.1 Å². The molecule has 3 aliphatic rings. The Bertz CT molecular complexity index is 338. The smallest absolute Gasteiger partial charge is 0.227 e. The molecule has 0 aliphatic carbocycles. The third kappa shape index (κ3) is 2.65. The van der Waals surface area contributed by atoms with Gasteiger partial charge in [-0.1, -0.05) is 0 Å². The first-order valence-electron chi connectivity index (χ1n) is 7.89. The summed E-state index contributed by atoms with van der Waals surface area (Å²) in [6.45, 7) is 5.01. The van der Waals surface area contributed by atoms with Gasteiger partial charge in [-0.05, 0) is 46.1 Å². The third-order valence-corrected chi connectivity index (χ3v) is 5.47. The maximum absolute atomic E-state index is 12.7. The molecule has 1 N–H and O–H groups in total. The maximum atomic E-state index is 12.7. The van der Waals surface area contributed by atoms with Crippen molar-refractivity contribution in [3.8, 4) is 0 Å². The number of carbonyl (C=O) groups excluding carboxylic acids is 1. The molecule has 1 amide bonds. The van der Waals surface area contributed by atoms with E-state index < -0.39 is 0 Å². The Balaban J connectivity index is 1.61. The molecule has 4 atom stereocenters. The molecule has 3 fully saturated rings. The number of piperidine rings is 1. The van der Waals surface area contributed by atoms with Crippen molar-refractivity contribution in [2.75, 3.05) is 26.7 Å². The van der Waals surface area contributed by atoms with Crippen LogP contribution in [0.25, 0.3) is 0 Å². The van der Waals surface area contributed by atoms with Crippen LogP contribution >= 0.6 is 0 Å². The Hall–Kier alpha value is -0.610. The van der Waals surface area contributed by atoms with Gasteiger partial charge in [0.2, 0.25) is 5.91 Å². The molecule has 0 aromatic carbocycles. The largest absolute Gasteiger partial charge is 0.341 e. The Morgan fingerprint density at radius 1 is 1.11 bits per heavy atom. The normalized spacial score (nSPS) is 40.2. The number of nitrogens with one attached hydrogen (secondary N) is 1.